The Labute approximate surface area is 121 Å². The Morgan fingerprint density at radius 2 is 1.33 bits per heavy atom. The molecule has 1 N–H and O–H groups in total. The molecule has 21 heavy (non-hydrogen) atoms. The van der Waals surface area contributed by atoms with Crippen molar-refractivity contribution in [3.8, 4) is 0 Å². The van der Waals surface area contributed by atoms with Crippen molar-refractivity contribution in [2.45, 2.75) is 0 Å². The number of halogens is 6. The molecule has 0 spiro atoms. The van der Waals surface area contributed by atoms with E-state index in [0.29, 0.717) is 10.7 Å². The van der Waals surface area contributed by atoms with Crippen molar-refractivity contribution in [2.24, 2.45) is 0 Å². The van der Waals surface area contributed by atoms with E-state index in [1.807, 2.05) is 0 Å². The summed E-state index contributed by atoms with van der Waals surface area (Å²) in [5.41, 5.74) is -0.620. The van der Waals surface area contributed by atoms with Crippen LogP contribution in [-0.2, 0) is 0 Å². The highest BCUT2D eigenvalue weighted by atomic mass is 35.5. The van der Waals surface area contributed by atoms with E-state index in [0.717, 1.165) is 12.3 Å². The number of hydrogen-bond donors (Lipinski definition) is 1. The van der Waals surface area contributed by atoms with E-state index in [9.17, 15) is 22.0 Å². The van der Waals surface area contributed by atoms with E-state index in [4.69, 9.17) is 11.6 Å². The van der Waals surface area contributed by atoms with Crippen molar-refractivity contribution in [3.05, 3.63) is 70.1 Å². The van der Waals surface area contributed by atoms with E-state index in [1.54, 1.807) is 24.3 Å². The van der Waals surface area contributed by atoms with Crippen LogP contribution in [0.15, 0.2) is 30.5 Å². The first kappa shape index (κ1) is 15.3. The van der Waals surface area contributed by atoms with Crippen LogP contribution in [-0.4, -0.2) is 0 Å². The first-order valence-corrected chi connectivity index (χ1v) is 6.00. The zero-order valence-electron chi connectivity index (χ0n) is 10.2. The van der Waals surface area contributed by atoms with Crippen molar-refractivity contribution >= 4 is 23.4 Å². The molecule has 0 aliphatic carbocycles. The van der Waals surface area contributed by atoms with E-state index < -0.39 is 34.6 Å². The average molecular weight is 320 g/mol. The van der Waals surface area contributed by atoms with Crippen LogP contribution in [0.5, 0.6) is 0 Å². The number of hydrogen-bond acceptors (Lipinski definition) is 1. The van der Waals surface area contributed by atoms with Crippen molar-refractivity contribution in [1.29, 1.82) is 0 Å². The Bertz CT molecular complexity index is 686. The van der Waals surface area contributed by atoms with Crippen LogP contribution < -0.4 is 5.32 Å². The molecule has 2 rings (SSSR count). The zero-order chi connectivity index (χ0) is 15.6. The maximum absolute atomic E-state index is 13.4. The number of benzene rings is 2. The van der Waals surface area contributed by atoms with Crippen LogP contribution in [0, 0.1) is 29.1 Å². The van der Waals surface area contributed by atoms with Crippen LogP contribution in [0.4, 0.5) is 27.6 Å². The van der Waals surface area contributed by atoms with Gasteiger partial charge in [-0.1, -0.05) is 23.7 Å². The Hall–Kier alpha value is -2.08. The van der Waals surface area contributed by atoms with Crippen LogP contribution in [0.2, 0.25) is 5.02 Å². The summed E-state index contributed by atoms with van der Waals surface area (Å²) in [6.45, 7) is 0. The maximum atomic E-state index is 13.4. The van der Waals surface area contributed by atoms with E-state index in [2.05, 4.69) is 5.32 Å². The standard InChI is InChI=1S/C14H7ClF5N/c15-8-3-1-2-4-9(8)21-6-5-7-10(16)12(18)14(20)13(19)11(7)17/h1-6,21H. The summed E-state index contributed by atoms with van der Waals surface area (Å²) in [5, 5.41) is 2.92. The lowest BCUT2D eigenvalue weighted by Crippen LogP contribution is -2.04. The molecule has 0 fully saturated rings. The molecule has 0 radical (unpaired) electrons. The fraction of sp³-hybridized carbons (Fsp3) is 0. The van der Waals surface area contributed by atoms with Crippen molar-refractivity contribution in [1.82, 2.24) is 0 Å². The van der Waals surface area contributed by atoms with E-state index >= 15 is 0 Å². The molecule has 0 heterocycles. The Balaban J connectivity index is 2.32. The van der Waals surface area contributed by atoms with Gasteiger partial charge in [-0.3, -0.25) is 0 Å². The normalized spacial score (nSPS) is 11.1. The molecule has 2 aromatic carbocycles. The van der Waals surface area contributed by atoms with Crippen LogP contribution in [0.1, 0.15) is 5.56 Å². The minimum atomic E-state index is -2.19. The Kier molecular flexibility index (Phi) is 4.47. The number of nitrogens with one attached hydrogen (secondary N) is 1. The van der Waals surface area contributed by atoms with E-state index in [1.165, 1.54) is 0 Å². The fourth-order valence-electron chi connectivity index (χ4n) is 1.56. The van der Waals surface area contributed by atoms with Crippen molar-refractivity contribution in [2.75, 3.05) is 5.32 Å². The van der Waals surface area contributed by atoms with Gasteiger partial charge in [0.1, 0.15) is 0 Å². The fourth-order valence-corrected chi connectivity index (χ4v) is 1.75. The summed E-state index contributed by atoms with van der Waals surface area (Å²) in [7, 11) is 0. The van der Waals surface area contributed by atoms with Crippen LogP contribution in [0.3, 0.4) is 0 Å². The highest BCUT2D eigenvalue weighted by molar-refractivity contribution is 6.33. The van der Waals surface area contributed by atoms with E-state index in [-0.39, 0.29) is 0 Å². The Morgan fingerprint density at radius 1 is 0.810 bits per heavy atom. The molecule has 0 aliphatic rings. The largest absolute Gasteiger partial charge is 0.360 e. The smallest absolute Gasteiger partial charge is 0.200 e. The summed E-state index contributed by atoms with van der Waals surface area (Å²) < 4.78 is 65.6. The molecular weight excluding hydrogens is 313 g/mol. The van der Waals surface area contributed by atoms with Gasteiger partial charge in [-0.25, -0.2) is 22.0 Å². The maximum Gasteiger partial charge on any atom is 0.200 e. The van der Waals surface area contributed by atoms with Gasteiger partial charge >= 0.3 is 0 Å². The predicted octanol–water partition coefficient (Wildman–Crippen LogP) is 5.12. The molecule has 0 atom stereocenters. The molecule has 2 aromatic rings. The molecule has 0 aromatic heterocycles. The summed E-state index contributed by atoms with van der Waals surface area (Å²) >= 11 is 5.83. The molecular formula is C14H7ClF5N. The third kappa shape index (κ3) is 3.00. The highest BCUT2D eigenvalue weighted by Gasteiger charge is 2.24. The highest BCUT2D eigenvalue weighted by Crippen LogP contribution is 2.25. The molecule has 1 nitrogen and oxygen atoms in total. The average Bonchev–Trinajstić information content (AvgIpc) is 2.48. The predicted molar refractivity (Wildman–Crippen MR) is 70.3 cm³/mol. The third-order valence-electron chi connectivity index (χ3n) is 2.61. The SMILES string of the molecule is Fc1c(F)c(F)c(C=CNc2ccccc2Cl)c(F)c1F. The van der Waals surface area contributed by atoms with Crippen LogP contribution in [0.25, 0.3) is 6.08 Å². The molecule has 110 valence electrons. The minimum absolute atomic E-state index is 0.333. The topological polar surface area (TPSA) is 12.0 Å². The van der Waals surface area contributed by atoms with Gasteiger partial charge in [0, 0.05) is 6.20 Å². The lowest BCUT2D eigenvalue weighted by molar-refractivity contribution is 0.377. The van der Waals surface area contributed by atoms with Gasteiger partial charge in [0.15, 0.2) is 23.3 Å². The van der Waals surface area contributed by atoms with Gasteiger partial charge in [0.2, 0.25) is 5.82 Å². The summed E-state index contributed by atoms with van der Waals surface area (Å²) in [6, 6.07) is 6.46. The van der Waals surface area contributed by atoms with Gasteiger partial charge in [0.25, 0.3) is 0 Å². The van der Waals surface area contributed by atoms with Crippen LogP contribution >= 0.6 is 11.6 Å². The first-order valence-electron chi connectivity index (χ1n) is 5.62. The number of para-hydroxylation sites is 1. The van der Waals surface area contributed by atoms with Gasteiger partial charge < -0.3 is 5.32 Å². The van der Waals surface area contributed by atoms with Crippen molar-refractivity contribution in [3.63, 3.8) is 0 Å². The second-order valence-electron chi connectivity index (χ2n) is 3.94. The number of anilines is 1. The van der Waals surface area contributed by atoms with Gasteiger partial charge in [-0.2, -0.15) is 0 Å². The number of rotatable bonds is 3. The summed E-state index contributed by atoms with van der Waals surface area (Å²) in [5.74, 6) is -9.98. The molecule has 0 saturated carbocycles. The lowest BCUT2D eigenvalue weighted by Gasteiger charge is -2.05. The molecule has 7 heteroatoms. The zero-order valence-corrected chi connectivity index (χ0v) is 11.0. The Morgan fingerprint density at radius 3 is 1.90 bits per heavy atom. The summed E-state index contributed by atoms with van der Waals surface area (Å²) in [4.78, 5) is 0. The summed E-state index contributed by atoms with van der Waals surface area (Å²) in [6.07, 6.45) is 1.76. The minimum Gasteiger partial charge on any atom is -0.360 e. The third-order valence-corrected chi connectivity index (χ3v) is 2.94. The molecule has 0 aliphatic heterocycles. The lowest BCUT2D eigenvalue weighted by atomic mass is 10.1. The second-order valence-corrected chi connectivity index (χ2v) is 4.35. The monoisotopic (exact) mass is 319 g/mol. The molecule has 0 bridgehead atoms. The molecule has 0 amide bonds. The van der Waals surface area contributed by atoms with Gasteiger partial charge in [-0.05, 0) is 18.2 Å². The molecule has 0 unspecified atom stereocenters. The first-order chi connectivity index (χ1) is 9.93. The van der Waals surface area contributed by atoms with Gasteiger partial charge in [0.05, 0.1) is 16.3 Å². The second kappa shape index (κ2) is 6.13. The molecule has 0 saturated heterocycles. The van der Waals surface area contributed by atoms with Gasteiger partial charge in [-0.15, -0.1) is 0 Å². The van der Waals surface area contributed by atoms with Crippen molar-refractivity contribution < 1.29 is 22.0 Å². The quantitative estimate of drug-likeness (QED) is 0.470.